The van der Waals surface area contributed by atoms with Crippen LogP contribution >= 0.6 is 15.6 Å². The van der Waals surface area contributed by atoms with E-state index in [-0.39, 0.29) is 25.7 Å². The van der Waals surface area contributed by atoms with Crippen LogP contribution < -0.4 is 0 Å². The van der Waals surface area contributed by atoms with E-state index in [2.05, 4.69) is 58.9 Å². The molecule has 0 rings (SSSR count). The van der Waals surface area contributed by atoms with Gasteiger partial charge in [-0.2, -0.15) is 0 Å². The Morgan fingerprint density at radius 3 is 0.911 bits per heavy atom. The number of aliphatic hydroxyl groups is 1. The second-order valence-corrected chi connectivity index (χ2v) is 28.3. The first-order valence-corrected chi connectivity index (χ1v) is 39.4. The van der Waals surface area contributed by atoms with Crippen molar-refractivity contribution in [2.75, 3.05) is 39.6 Å². The summed E-state index contributed by atoms with van der Waals surface area (Å²) < 4.78 is 68.2. The van der Waals surface area contributed by atoms with Crippen LogP contribution in [0.5, 0.6) is 0 Å². The third kappa shape index (κ3) is 64.3. The summed E-state index contributed by atoms with van der Waals surface area (Å²) in [6.07, 6.45) is 53.7. The quantitative estimate of drug-likeness (QED) is 0.0169. The highest BCUT2D eigenvalue weighted by molar-refractivity contribution is 7.47. The predicted octanol–water partition coefficient (Wildman–Crippen LogP) is 20.1. The second kappa shape index (κ2) is 63.9. The number of unbranched alkanes of at least 4 members (excludes halogenated alkanes) is 38. The summed E-state index contributed by atoms with van der Waals surface area (Å²) in [7, 11) is -9.91. The molecule has 3 N–H and O–H groups in total. The van der Waals surface area contributed by atoms with Gasteiger partial charge in [0.2, 0.25) is 0 Å². The van der Waals surface area contributed by atoms with E-state index >= 15 is 0 Å². The Labute approximate surface area is 548 Å². The fraction of sp³-hybridized carbons (Fsp3) is 0.887. The van der Waals surface area contributed by atoms with Crippen LogP contribution in [0.15, 0.2) is 24.3 Å². The number of phosphoric acid groups is 2. The van der Waals surface area contributed by atoms with Gasteiger partial charge < -0.3 is 33.8 Å². The normalized spacial score (nSPS) is 14.2. The first-order valence-electron chi connectivity index (χ1n) is 36.5. The molecule has 0 aromatic carbocycles. The Kier molecular flexibility index (Phi) is 62.2. The van der Waals surface area contributed by atoms with Crippen LogP contribution in [-0.2, 0) is 65.4 Å². The number of ether oxygens (including phenoxy) is 4. The molecule has 0 aromatic rings. The molecule has 0 saturated carbocycles. The van der Waals surface area contributed by atoms with Crippen LogP contribution in [0.4, 0.5) is 0 Å². The van der Waals surface area contributed by atoms with Gasteiger partial charge in [0, 0.05) is 25.7 Å². The molecular weight excluding hydrogens is 1190 g/mol. The molecule has 0 aromatic heterocycles. The third-order valence-electron chi connectivity index (χ3n) is 15.9. The summed E-state index contributed by atoms with van der Waals surface area (Å²) in [6, 6.07) is 0. The van der Waals surface area contributed by atoms with Gasteiger partial charge in [-0.15, -0.1) is 0 Å². The molecule has 0 fully saturated rings. The third-order valence-corrected chi connectivity index (χ3v) is 17.8. The maximum absolute atomic E-state index is 13.0. The Morgan fingerprint density at radius 2 is 0.600 bits per heavy atom. The van der Waals surface area contributed by atoms with Crippen molar-refractivity contribution in [3.05, 3.63) is 24.3 Å². The molecule has 0 radical (unpaired) electrons. The first kappa shape index (κ1) is 87.5. The van der Waals surface area contributed by atoms with Crippen LogP contribution in [0.3, 0.4) is 0 Å². The number of aliphatic hydroxyl groups excluding tert-OH is 1. The van der Waals surface area contributed by atoms with Crippen molar-refractivity contribution in [2.24, 2.45) is 5.92 Å². The number of hydrogen-bond acceptors (Lipinski definition) is 15. The number of allylic oxidation sites excluding steroid dienone is 4. The standard InChI is InChI=1S/C71H134O17P2/c1-6-9-12-15-18-21-23-25-27-28-30-32-34-37-40-46-51-56-70(75)87-66(60-82-69(74)55-50-45-39-36-33-31-29-26-24-22-19-16-13-10-7-2)62-85-89(77,78)83-58-65(72)59-84-90(79,80)86-63-67(88-71(76)57-52-47-42-41-43-48-53-64(4)5)61-81-68(73)54-49-44-38-35-20-17-14-11-8-3/h22,24,26,29,64-67,72H,6-21,23,25,27-28,30-63H2,1-5H3,(H,77,78)(H,79,80)/b24-22-,29-26-/t65-,66-,67-/m1/s1. The zero-order valence-corrected chi connectivity index (χ0v) is 59.5. The summed E-state index contributed by atoms with van der Waals surface area (Å²) in [6.45, 7) is 7.08. The SMILES string of the molecule is CCCCCC/C=C\C=C/CCCCCCCC(=O)OC[C@H](COP(=O)(O)OC[C@@H](O)COP(=O)(O)OC[C@@H](COC(=O)CCCCCCCCCCC)OC(=O)CCCCCCCCC(C)C)OC(=O)CCCCCCCCCCCCCCCCCCC. The summed E-state index contributed by atoms with van der Waals surface area (Å²) in [5.41, 5.74) is 0. The molecule has 530 valence electrons. The Balaban J connectivity index is 5.24. The minimum Gasteiger partial charge on any atom is -0.462 e. The molecule has 0 aliphatic rings. The highest BCUT2D eigenvalue weighted by Crippen LogP contribution is 2.45. The van der Waals surface area contributed by atoms with E-state index in [0.717, 1.165) is 109 Å². The van der Waals surface area contributed by atoms with Crippen molar-refractivity contribution in [1.82, 2.24) is 0 Å². The molecule has 0 aliphatic carbocycles. The van der Waals surface area contributed by atoms with E-state index < -0.39 is 97.5 Å². The Bertz CT molecular complexity index is 1830. The largest absolute Gasteiger partial charge is 0.472 e. The topological polar surface area (TPSA) is 237 Å². The lowest BCUT2D eigenvalue weighted by atomic mass is 10.0. The zero-order chi connectivity index (χ0) is 66.3. The van der Waals surface area contributed by atoms with E-state index in [0.29, 0.717) is 31.6 Å². The summed E-state index contributed by atoms with van der Waals surface area (Å²) >= 11 is 0. The van der Waals surface area contributed by atoms with E-state index in [4.69, 9.17) is 37.0 Å². The Hall–Kier alpha value is -2.46. The molecule has 0 amide bonds. The highest BCUT2D eigenvalue weighted by atomic mass is 31.2. The van der Waals surface area contributed by atoms with Crippen molar-refractivity contribution in [3.63, 3.8) is 0 Å². The Morgan fingerprint density at radius 1 is 0.344 bits per heavy atom. The van der Waals surface area contributed by atoms with Gasteiger partial charge in [0.05, 0.1) is 26.4 Å². The molecular formula is C71H134O17P2. The van der Waals surface area contributed by atoms with Gasteiger partial charge in [0.25, 0.3) is 0 Å². The van der Waals surface area contributed by atoms with Gasteiger partial charge in [-0.3, -0.25) is 37.3 Å². The van der Waals surface area contributed by atoms with Gasteiger partial charge in [-0.05, 0) is 57.3 Å². The number of rotatable bonds is 69. The molecule has 2 unspecified atom stereocenters. The number of carbonyl (C=O) groups excluding carboxylic acids is 4. The molecule has 0 heterocycles. The van der Waals surface area contributed by atoms with Crippen LogP contribution in [0.1, 0.15) is 343 Å². The number of hydrogen-bond donors (Lipinski definition) is 3. The van der Waals surface area contributed by atoms with Gasteiger partial charge in [0.15, 0.2) is 12.2 Å². The predicted molar refractivity (Wildman–Crippen MR) is 363 cm³/mol. The lowest BCUT2D eigenvalue weighted by Gasteiger charge is -2.21. The molecule has 0 bridgehead atoms. The molecule has 90 heavy (non-hydrogen) atoms. The highest BCUT2D eigenvalue weighted by Gasteiger charge is 2.30. The van der Waals surface area contributed by atoms with E-state index in [1.165, 1.54) is 148 Å². The fourth-order valence-electron chi connectivity index (χ4n) is 10.3. The molecule has 0 saturated heterocycles. The van der Waals surface area contributed by atoms with Gasteiger partial charge >= 0.3 is 39.5 Å². The first-order chi connectivity index (χ1) is 43.5. The van der Waals surface area contributed by atoms with Crippen LogP contribution in [0.25, 0.3) is 0 Å². The lowest BCUT2D eigenvalue weighted by molar-refractivity contribution is -0.161. The monoisotopic (exact) mass is 1320 g/mol. The zero-order valence-electron chi connectivity index (χ0n) is 57.8. The average molecular weight is 1320 g/mol. The van der Waals surface area contributed by atoms with Crippen LogP contribution in [0, 0.1) is 5.92 Å². The van der Waals surface area contributed by atoms with Crippen molar-refractivity contribution in [3.8, 4) is 0 Å². The molecule has 0 aliphatic heterocycles. The minimum atomic E-state index is -4.96. The minimum absolute atomic E-state index is 0.1000. The number of phosphoric ester groups is 2. The van der Waals surface area contributed by atoms with Gasteiger partial charge in [-0.1, -0.05) is 290 Å². The maximum atomic E-state index is 13.0. The van der Waals surface area contributed by atoms with E-state index in [1.807, 2.05) is 0 Å². The van der Waals surface area contributed by atoms with Gasteiger partial charge in [0.1, 0.15) is 19.3 Å². The van der Waals surface area contributed by atoms with E-state index in [9.17, 15) is 43.2 Å². The maximum Gasteiger partial charge on any atom is 0.472 e. The van der Waals surface area contributed by atoms with Crippen molar-refractivity contribution >= 4 is 39.5 Å². The van der Waals surface area contributed by atoms with Crippen LogP contribution in [0.2, 0.25) is 0 Å². The summed E-state index contributed by atoms with van der Waals surface area (Å²) in [5, 5.41) is 10.6. The molecule has 5 atom stereocenters. The average Bonchev–Trinajstić information content (AvgIpc) is 3.23. The van der Waals surface area contributed by atoms with Crippen molar-refractivity contribution < 1.29 is 80.2 Å². The number of carbonyl (C=O) groups is 4. The molecule has 17 nitrogen and oxygen atoms in total. The van der Waals surface area contributed by atoms with E-state index in [1.54, 1.807) is 0 Å². The van der Waals surface area contributed by atoms with Crippen molar-refractivity contribution in [1.29, 1.82) is 0 Å². The summed E-state index contributed by atoms with van der Waals surface area (Å²) in [5.74, 6) is -1.49. The smallest absolute Gasteiger partial charge is 0.462 e. The summed E-state index contributed by atoms with van der Waals surface area (Å²) in [4.78, 5) is 72.4. The fourth-order valence-corrected chi connectivity index (χ4v) is 11.9. The molecule has 0 spiro atoms. The molecule has 19 heteroatoms. The number of esters is 4. The van der Waals surface area contributed by atoms with Crippen LogP contribution in [-0.4, -0.2) is 96.7 Å². The lowest BCUT2D eigenvalue weighted by Crippen LogP contribution is -2.30. The second-order valence-electron chi connectivity index (χ2n) is 25.4. The van der Waals surface area contributed by atoms with Crippen molar-refractivity contribution in [2.45, 2.75) is 361 Å². The van der Waals surface area contributed by atoms with Gasteiger partial charge in [-0.25, -0.2) is 9.13 Å².